The number of aromatic nitrogens is 1. The second kappa shape index (κ2) is 11.1. The van der Waals surface area contributed by atoms with E-state index in [1.54, 1.807) is 0 Å². The number of hydrogen-bond acceptors (Lipinski definition) is 2. The molecule has 0 aromatic carbocycles. The Morgan fingerprint density at radius 3 is 2.26 bits per heavy atom. The van der Waals surface area contributed by atoms with E-state index in [9.17, 15) is 0 Å². The molecule has 1 rings (SSSR count). The molecule has 0 atom stereocenters. The van der Waals surface area contributed by atoms with Crippen LogP contribution in [0.5, 0.6) is 0 Å². The van der Waals surface area contributed by atoms with Crippen molar-refractivity contribution in [2.24, 2.45) is 0 Å². The minimum Gasteiger partial charge on any atom is -1.00 e. The molecule has 0 aliphatic rings. The van der Waals surface area contributed by atoms with Gasteiger partial charge in [0.15, 0.2) is 12.4 Å². The molecular weight excluding hydrogens is 260 g/mol. The third-order valence-electron chi connectivity index (χ3n) is 3.02. The summed E-state index contributed by atoms with van der Waals surface area (Å²) in [6.07, 6.45) is 10.6. The molecule has 0 bridgehead atoms. The molecular formula is C15H27ClN2O. The lowest BCUT2D eigenvalue weighted by Gasteiger charge is -2.10. The van der Waals surface area contributed by atoms with E-state index in [0.29, 0.717) is 6.73 Å². The van der Waals surface area contributed by atoms with Gasteiger partial charge in [-0.25, -0.2) is 0 Å². The Hall–Kier alpha value is -0.800. The van der Waals surface area contributed by atoms with E-state index in [-0.39, 0.29) is 12.4 Å². The molecule has 0 N–H and O–H groups in total. The first-order valence-corrected chi connectivity index (χ1v) is 6.98. The lowest BCUT2D eigenvalue weighted by molar-refractivity contribution is -0.732. The van der Waals surface area contributed by atoms with Gasteiger partial charge in [0.25, 0.3) is 6.73 Å². The number of pyridine rings is 1. The normalized spacial score (nSPS) is 10.1. The fraction of sp³-hybridized carbons (Fsp3) is 0.667. The average molecular weight is 287 g/mol. The molecule has 0 unspecified atom stereocenters. The number of hydrogen-bond donors (Lipinski definition) is 0. The predicted molar refractivity (Wildman–Crippen MR) is 75.7 cm³/mol. The van der Waals surface area contributed by atoms with Gasteiger partial charge in [-0.1, -0.05) is 32.6 Å². The molecule has 0 aliphatic heterocycles. The molecule has 3 nitrogen and oxygen atoms in total. The summed E-state index contributed by atoms with van der Waals surface area (Å²) in [7, 11) is 4.10. The Morgan fingerprint density at radius 1 is 1.05 bits per heavy atom. The van der Waals surface area contributed by atoms with E-state index in [1.165, 1.54) is 37.8 Å². The van der Waals surface area contributed by atoms with Gasteiger partial charge < -0.3 is 22.0 Å². The van der Waals surface area contributed by atoms with Crippen LogP contribution in [0.3, 0.4) is 0 Å². The fourth-order valence-corrected chi connectivity index (χ4v) is 1.81. The van der Waals surface area contributed by atoms with Crippen LogP contribution < -0.4 is 21.9 Å². The van der Waals surface area contributed by atoms with E-state index < -0.39 is 0 Å². The molecule has 1 aromatic rings. The highest BCUT2D eigenvalue weighted by Crippen LogP contribution is 2.06. The smallest absolute Gasteiger partial charge is 0.252 e. The van der Waals surface area contributed by atoms with E-state index in [0.717, 1.165) is 6.61 Å². The standard InChI is InChI=1S/C15H27N2O.ClH/c1-4-5-6-7-8-13-18-14-17-11-9-15(10-12-17)16(2)3;/h9-12H,4-8,13-14H2,1-3H3;1H/q+1;/p-1. The molecule has 0 saturated carbocycles. The maximum Gasteiger partial charge on any atom is 0.252 e. The SMILES string of the molecule is CCCCCCCOC[n+]1ccc(N(C)C)cc1.[Cl-]. The van der Waals surface area contributed by atoms with Gasteiger partial charge in [-0.15, -0.1) is 0 Å². The number of nitrogens with zero attached hydrogens (tertiary/aromatic N) is 2. The van der Waals surface area contributed by atoms with Crippen LogP contribution in [0, 0.1) is 0 Å². The van der Waals surface area contributed by atoms with Gasteiger partial charge in [-0.3, -0.25) is 0 Å². The van der Waals surface area contributed by atoms with Crippen LogP contribution in [0.2, 0.25) is 0 Å². The van der Waals surface area contributed by atoms with Crippen LogP contribution in [0.4, 0.5) is 5.69 Å². The van der Waals surface area contributed by atoms with Crippen molar-refractivity contribution in [1.29, 1.82) is 0 Å². The molecule has 0 aliphatic carbocycles. The van der Waals surface area contributed by atoms with Gasteiger partial charge in [0, 0.05) is 31.9 Å². The summed E-state index contributed by atoms with van der Waals surface area (Å²) in [5.41, 5.74) is 1.21. The van der Waals surface area contributed by atoms with Crippen molar-refractivity contribution in [3.63, 3.8) is 0 Å². The largest absolute Gasteiger partial charge is 1.00 e. The Morgan fingerprint density at radius 2 is 1.68 bits per heavy atom. The van der Waals surface area contributed by atoms with Gasteiger partial charge in [0.05, 0.1) is 6.61 Å². The van der Waals surface area contributed by atoms with Gasteiger partial charge in [0.1, 0.15) is 0 Å². The first-order valence-electron chi connectivity index (χ1n) is 6.98. The summed E-state index contributed by atoms with van der Waals surface area (Å²) in [4.78, 5) is 2.10. The van der Waals surface area contributed by atoms with Crippen molar-refractivity contribution in [3.05, 3.63) is 24.5 Å². The molecule has 4 heteroatoms. The summed E-state index contributed by atoms with van der Waals surface area (Å²) >= 11 is 0. The Labute approximate surface area is 124 Å². The number of anilines is 1. The first kappa shape index (κ1) is 18.2. The van der Waals surface area contributed by atoms with E-state index in [2.05, 4.69) is 40.9 Å². The highest BCUT2D eigenvalue weighted by molar-refractivity contribution is 5.41. The molecule has 1 aromatic heterocycles. The third-order valence-corrected chi connectivity index (χ3v) is 3.02. The zero-order valence-electron chi connectivity index (χ0n) is 12.4. The highest BCUT2D eigenvalue weighted by atomic mass is 35.5. The lowest BCUT2D eigenvalue weighted by atomic mass is 10.2. The van der Waals surface area contributed by atoms with Gasteiger partial charge in [-0.05, 0) is 6.42 Å². The van der Waals surface area contributed by atoms with Crippen molar-refractivity contribution in [1.82, 2.24) is 0 Å². The molecule has 0 fully saturated rings. The van der Waals surface area contributed by atoms with Crippen molar-refractivity contribution < 1.29 is 21.7 Å². The van der Waals surface area contributed by atoms with Gasteiger partial charge in [-0.2, -0.15) is 4.57 Å². The molecule has 0 saturated heterocycles. The van der Waals surface area contributed by atoms with Crippen molar-refractivity contribution in [2.45, 2.75) is 45.8 Å². The second-order valence-corrected chi connectivity index (χ2v) is 4.92. The lowest BCUT2D eigenvalue weighted by Crippen LogP contribution is -3.00. The summed E-state index contributed by atoms with van der Waals surface area (Å²) in [5.74, 6) is 0. The molecule has 0 amide bonds. The maximum absolute atomic E-state index is 5.65. The number of rotatable bonds is 9. The zero-order valence-corrected chi connectivity index (χ0v) is 13.2. The topological polar surface area (TPSA) is 16.4 Å². The van der Waals surface area contributed by atoms with Gasteiger partial charge >= 0.3 is 0 Å². The van der Waals surface area contributed by atoms with E-state index in [4.69, 9.17) is 4.74 Å². The monoisotopic (exact) mass is 286 g/mol. The Bertz CT molecular complexity index is 314. The summed E-state index contributed by atoms with van der Waals surface area (Å²) < 4.78 is 7.72. The van der Waals surface area contributed by atoms with Crippen LogP contribution >= 0.6 is 0 Å². The van der Waals surface area contributed by atoms with Crippen molar-refractivity contribution >= 4 is 5.69 Å². The van der Waals surface area contributed by atoms with Crippen LogP contribution in [0.15, 0.2) is 24.5 Å². The van der Waals surface area contributed by atoms with E-state index in [1.807, 2.05) is 14.1 Å². The highest BCUT2D eigenvalue weighted by Gasteiger charge is 2.01. The van der Waals surface area contributed by atoms with Gasteiger partial charge in [0.2, 0.25) is 0 Å². The Kier molecular flexibility index (Phi) is 10.6. The van der Waals surface area contributed by atoms with Crippen LogP contribution in [0.25, 0.3) is 0 Å². The van der Waals surface area contributed by atoms with Crippen LogP contribution in [0.1, 0.15) is 39.0 Å². The summed E-state index contributed by atoms with van der Waals surface area (Å²) in [6, 6.07) is 4.20. The molecule has 0 radical (unpaired) electrons. The quantitative estimate of drug-likeness (QED) is 0.469. The molecule has 19 heavy (non-hydrogen) atoms. The van der Waals surface area contributed by atoms with E-state index >= 15 is 0 Å². The summed E-state index contributed by atoms with van der Waals surface area (Å²) in [6.45, 7) is 3.76. The van der Waals surface area contributed by atoms with Crippen molar-refractivity contribution in [3.8, 4) is 0 Å². The number of unbranched alkanes of at least 4 members (excludes halogenated alkanes) is 4. The van der Waals surface area contributed by atoms with Crippen LogP contribution in [-0.2, 0) is 11.5 Å². The first-order chi connectivity index (χ1) is 8.74. The second-order valence-electron chi connectivity index (χ2n) is 4.92. The molecule has 1 heterocycles. The predicted octanol–water partition coefficient (Wildman–Crippen LogP) is -0.0114. The minimum absolute atomic E-state index is 0. The maximum atomic E-state index is 5.65. The number of halogens is 1. The summed E-state index contributed by atoms with van der Waals surface area (Å²) in [5, 5.41) is 0. The third kappa shape index (κ3) is 8.06. The van der Waals surface area contributed by atoms with Crippen LogP contribution in [-0.4, -0.2) is 20.7 Å². The fourth-order valence-electron chi connectivity index (χ4n) is 1.81. The zero-order chi connectivity index (χ0) is 13.2. The minimum atomic E-state index is 0. The average Bonchev–Trinajstić information content (AvgIpc) is 2.38. The molecule has 110 valence electrons. The van der Waals surface area contributed by atoms with Crippen molar-refractivity contribution in [2.75, 3.05) is 25.6 Å². The molecule has 0 spiro atoms. The number of ether oxygens (including phenoxy) is 1. The Balaban J connectivity index is 0.00000324.